The first-order chi connectivity index (χ1) is 8.11. The quantitative estimate of drug-likeness (QED) is 0.798. The summed E-state index contributed by atoms with van der Waals surface area (Å²) in [6.07, 6.45) is 3.43. The van der Waals surface area contributed by atoms with Gasteiger partial charge in [-0.2, -0.15) is 5.10 Å². The molecule has 0 saturated heterocycles. The second kappa shape index (κ2) is 4.29. The average molecular weight is 232 g/mol. The third-order valence-electron chi connectivity index (χ3n) is 2.43. The number of aromatic nitrogens is 2. The van der Waals surface area contributed by atoms with Crippen LogP contribution in [0.2, 0.25) is 0 Å². The number of rotatable bonds is 2. The van der Waals surface area contributed by atoms with Crippen molar-refractivity contribution in [2.75, 3.05) is 7.11 Å². The molecular formula is C12H12N2O3. The molecule has 5 heteroatoms. The molecule has 88 valence electrons. The summed E-state index contributed by atoms with van der Waals surface area (Å²) in [5.74, 6) is -0.445. The number of benzene rings is 1. The minimum absolute atomic E-state index is 0.0286. The van der Waals surface area contributed by atoms with Crippen LogP contribution in [-0.2, 0) is 11.8 Å². The monoisotopic (exact) mass is 232 g/mol. The minimum atomic E-state index is -0.474. The Morgan fingerprint density at radius 2 is 2.24 bits per heavy atom. The van der Waals surface area contributed by atoms with Crippen LogP contribution in [0.3, 0.4) is 0 Å². The van der Waals surface area contributed by atoms with Crippen LogP contribution in [-0.4, -0.2) is 28.0 Å². The molecule has 1 heterocycles. The van der Waals surface area contributed by atoms with Gasteiger partial charge in [0.2, 0.25) is 0 Å². The molecule has 0 aliphatic rings. The van der Waals surface area contributed by atoms with Crippen molar-refractivity contribution < 1.29 is 14.6 Å². The molecule has 17 heavy (non-hydrogen) atoms. The molecule has 2 rings (SSSR count). The zero-order valence-corrected chi connectivity index (χ0v) is 9.54. The van der Waals surface area contributed by atoms with E-state index in [9.17, 15) is 9.90 Å². The van der Waals surface area contributed by atoms with Gasteiger partial charge in [0.1, 0.15) is 5.75 Å². The largest absolute Gasteiger partial charge is 0.507 e. The van der Waals surface area contributed by atoms with Crippen molar-refractivity contribution in [2.45, 2.75) is 0 Å². The molecule has 1 N–H and O–H groups in total. The number of methoxy groups -OCH3 is 1. The molecule has 1 aromatic heterocycles. The van der Waals surface area contributed by atoms with Gasteiger partial charge in [0, 0.05) is 24.4 Å². The Morgan fingerprint density at radius 3 is 2.76 bits per heavy atom. The molecule has 0 aliphatic heterocycles. The van der Waals surface area contributed by atoms with Crippen molar-refractivity contribution in [3.63, 3.8) is 0 Å². The Balaban J connectivity index is 2.41. The van der Waals surface area contributed by atoms with Crippen LogP contribution < -0.4 is 0 Å². The first kappa shape index (κ1) is 11.2. The number of hydrogen-bond donors (Lipinski definition) is 1. The maximum atomic E-state index is 11.3. The molecule has 0 unspecified atom stereocenters. The van der Waals surface area contributed by atoms with Gasteiger partial charge in [-0.25, -0.2) is 4.79 Å². The standard InChI is InChI=1S/C12H12N2O3/c1-14-7-9(6-13-14)10-4-3-8(5-11(10)15)12(16)17-2/h3-7,15H,1-2H3. The van der Waals surface area contributed by atoms with Crippen molar-refractivity contribution in [3.05, 3.63) is 36.2 Å². The molecule has 0 bridgehead atoms. The van der Waals surface area contributed by atoms with E-state index >= 15 is 0 Å². The molecule has 0 saturated carbocycles. The summed E-state index contributed by atoms with van der Waals surface area (Å²) in [7, 11) is 3.10. The lowest BCUT2D eigenvalue weighted by atomic mass is 10.1. The Morgan fingerprint density at radius 1 is 1.47 bits per heavy atom. The van der Waals surface area contributed by atoms with Gasteiger partial charge in [0.15, 0.2) is 0 Å². The van der Waals surface area contributed by atoms with Gasteiger partial charge in [-0.15, -0.1) is 0 Å². The number of phenolic OH excluding ortho intramolecular Hbond substituents is 1. The summed E-state index contributed by atoms with van der Waals surface area (Å²) >= 11 is 0. The average Bonchev–Trinajstić information content (AvgIpc) is 2.74. The minimum Gasteiger partial charge on any atom is -0.507 e. The highest BCUT2D eigenvalue weighted by Gasteiger charge is 2.11. The Hall–Kier alpha value is -2.30. The molecule has 5 nitrogen and oxygen atoms in total. The number of aromatic hydroxyl groups is 1. The summed E-state index contributed by atoms with van der Waals surface area (Å²) in [5.41, 5.74) is 1.74. The van der Waals surface area contributed by atoms with Crippen molar-refractivity contribution in [3.8, 4) is 16.9 Å². The fraction of sp³-hybridized carbons (Fsp3) is 0.167. The lowest BCUT2D eigenvalue weighted by Gasteiger charge is -2.04. The summed E-state index contributed by atoms with van der Waals surface area (Å²) in [5, 5.41) is 13.9. The number of esters is 1. The summed E-state index contributed by atoms with van der Waals surface area (Å²) in [4.78, 5) is 11.3. The number of aryl methyl sites for hydroxylation is 1. The molecule has 2 aromatic rings. The Labute approximate surface area is 98.3 Å². The van der Waals surface area contributed by atoms with Crippen LogP contribution in [0.1, 0.15) is 10.4 Å². The van der Waals surface area contributed by atoms with Gasteiger partial charge in [-0.05, 0) is 18.2 Å². The fourth-order valence-electron chi connectivity index (χ4n) is 1.58. The van der Waals surface area contributed by atoms with Gasteiger partial charge in [0.25, 0.3) is 0 Å². The van der Waals surface area contributed by atoms with Crippen LogP contribution in [0.15, 0.2) is 30.6 Å². The highest BCUT2D eigenvalue weighted by Crippen LogP contribution is 2.29. The molecule has 0 atom stereocenters. The number of carbonyl (C=O) groups excluding carboxylic acids is 1. The predicted octanol–water partition coefficient (Wildman–Crippen LogP) is 1.58. The van der Waals surface area contributed by atoms with E-state index in [1.165, 1.54) is 13.2 Å². The molecule has 0 amide bonds. The molecule has 1 aromatic carbocycles. The summed E-state index contributed by atoms with van der Waals surface area (Å²) < 4.78 is 6.22. The van der Waals surface area contributed by atoms with Crippen LogP contribution in [0, 0.1) is 0 Å². The van der Waals surface area contributed by atoms with E-state index < -0.39 is 5.97 Å². The van der Waals surface area contributed by atoms with Crippen LogP contribution in [0.5, 0.6) is 5.75 Å². The summed E-state index contributed by atoms with van der Waals surface area (Å²) in [6.45, 7) is 0. The van der Waals surface area contributed by atoms with Crippen LogP contribution >= 0.6 is 0 Å². The molecule has 0 radical (unpaired) electrons. The van der Waals surface area contributed by atoms with Gasteiger partial charge in [-0.3, -0.25) is 4.68 Å². The molecule has 0 spiro atoms. The van der Waals surface area contributed by atoms with E-state index in [4.69, 9.17) is 0 Å². The second-order valence-electron chi connectivity index (χ2n) is 3.63. The lowest BCUT2D eigenvalue weighted by Crippen LogP contribution is -2.00. The van der Waals surface area contributed by atoms with Crippen LogP contribution in [0.4, 0.5) is 0 Å². The van der Waals surface area contributed by atoms with E-state index in [0.717, 1.165) is 5.56 Å². The fourth-order valence-corrected chi connectivity index (χ4v) is 1.58. The maximum Gasteiger partial charge on any atom is 0.337 e. The predicted molar refractivity (Wildman–Crippen MR) is 61.6 cm³/mol. The van der Waals surface area contributed by atoms with Crippen molar-refractivity contribution >= 4 is 5.97 Å². The van der Waals surface area contributed by atoms with Crippen molar-refractivity contribution in [1.29, 1.82) is 0 Å². The van der Waals surface area contributed by atoms with Gasteiger partial charge >= 0.3 is 5.97 Å². The lowest BCUT2D eigenvalue weighted by molar-refractivity contribution is 0.0600. The van der Waals surface area contributed by atoms with Crippen LogP contribution in [0.25, 0.3) is 11.1 Å². The Bertz CT molecular complexity index is 561. The second-order valence-corrected chi connectivity index (χ2v) is 3.63. The SMILES string of the molecule is COC(=O)c1ccc(-c2cnn(C)c2)c(O)c1. The number of hydrogen-bond acceptors (Lipinski definition) is 4. The number of ether oxygens (including phenoxy) is 1. The van der Waals surface area contributed by atoms with Gasteiger partial charge in [0.05, 0.1) is 18.9 Å². The zero-order chi connectivity index (χ0) is 12.4. The highest BCUT2D eigenvalue weighted by molar-refractivity contribution is 5.91. The smallest absolute Gasteiger partial charge is 0.337 e. The van der Waals surface area contributed by atoms with E-state index in [-0.39, 0.29) is 5.75 Å². The zero-order valence-electron chi connectivity index (χ0n) is 9.54. The Kier molecular flexibility index (Phi) is 2.82. The maximum absolute atomic E-state index is 11.3. The van der Waals surface area contributed by atoms with E-state index in [1.807, 2.05) is 0 Å². The molecule has 0 aliphatic carbocycles. The normalized spacial score (nSPS) is 10.2. The first-order valence-corrected chi connectivity index (χ1v) is 5.02. The summed E-state index contributed by atoms with van der Waals surface area (Å²) in [6, 6.07) is 4.65. The number of carbonyl (C=O) groups is 1. The topological polar surface area (TPSA) is 64.3 Å². The van der Waals surface area contributed by atoms with E-state index in [0.29, 0.717) is 11.1 Å². The van der Waals surface area contributed by atoms with Gasteiger partial charge in [-0.1, -0.05) is 0 Å². The van der Waals surface area contributed by atoms with Gasteiger partial charge < -0.3 is 9.84 Å². The molecule has 0 fully saturated rings. The van der Waals surface area contributed by atoms with E-state index in [2.05, 4.69) is 9.84 Å². The number of nitrogens with zero attached hydrogens (tertiary/aromatic N) is 2. The highest BCUT2D eigenvalue weighted by atomic mass is 16.5. The first-order valence-electron chi connectivity index (χ1n) is 5.02. The number of phenols is 1. The van der Waals surface area contributed by atoms with Crippen molar-refractivity contribution in [1.82, 2.24) is 9.78 Å². The van der Waals surface area contributed by atoms with Crippen molar-refractivity contribution in [2.24, 2.45) is 7.05 Å². The third-order valence-corrected chi connectivity index (χ3v) is 2.43. The molecular weight excluding hydrogens is 220 g/mol. The van der Waals surface area contributed by atoms with E-state index in [1.54, 1.807) is 36.3 Å². The third kappa shape index (κ3) is 2.13.